The van der Waals surface area contributed by atoms with Crippen LogP contribution in [0.2, 0.25) is 0 Å². The number of methoxy groups -OCH3 is 1. The summed E-state index contributed by atoms with van der Waals surface area (Å²) in [5, 5.41) is 9.42. The predicted octanol–water partition coefficient (Wildman–Crippen LogP) is 2.38. The van der Waals surface area contributed by atoms with Gasteiger partial charge in [-0.25, -0.2) is 0 Å². The molecule has 0 radical (unpaired) electrons. The number of rotatable bonds is 2. The number of ether oxygens (including phenoxy) is 1. The SMILES string of the molecule is COc1cccc([C@@H](N)C(F)(F)F)c1O.Cl. The number of phenolic OH excluding ortho intramolecular Hbond substituents is 1. The summed E-state index contributed by atoms with van der Waals surface area (Å²) in [6.07, 6.45) is -4.59. The monoisotopic (exact) mass is 257 g/mol. The summed E-state index contributed by atoms with van der Waals surface area (Å²) >= 11 is 0. The summed E-state index contributed by atoms with van der Waals surface area (Å²) in [7, 11) is 1.25. The molecular formula is C9H11ClF3NO2. The van der Waals surface area contributed by atoms with E-state index >= 15 is 0 Å². The summed E-state index contributed by atoms with van der Waals surface area (Å²) in [6.45, 7) is 0. The quantitative estimate of drug-likeness (QED) is 0.855. The van der Waals surface area contributed by atoms with Crippen LogP contribution < -0.4 is 10.5 Å². The molecule has 0 saturated heterocycles. The highest BCUT2D eigenvalue weighted by Gasteiger charge is 2.39. The average Bonchev–Trinajstić information content (AvgIpc) is 2.16. The molecule has 1 rings (SSSR count). The van der Waals surface area contributed by atoms with Crippen LogP contribution in [0.4, 0.5) is 13.2 Å². The minimum atomic E-state index is -4.59. The second kappa shape index (κ2) is 5.27. The van der Waals surface area contributed by atoms with Crippen molar-refractivity contribution in [2.45, 2.75) is 12.2 Å². The van der Waals surface area contributed by atoms with Gasteiger partial charge in [0.1, 0.15) is 6.04 Å². The maximum absolute atomic E-state index is 12.3. The Labute approximate surface area is 96.4 Å². The number of hydrogen-bond acceptors (Lipinski definition) is 3. The molecule has 1 aromatic rings. The van der Waals surface area contributed by atoms with Gasteiger partial charge in [0.2, 0.25) is 0 Å². The first-order chi connectivity index (χ1) is 6.88. The fraction of sp³-hybridized carbons (Fsp3) is 0.333. The number of phenols is 1. The van der Waals surface area contributed by atoms with Crippen molar-refractivity contribution in [3.05, 3.63) is 23.8 Å². The second-order valence-electron chi connectivity index (χ2n) is 2.92. The number of hydrogen-bond donors (Lipinski definition) is 2. The van der Waals surface area contributed by atoms with E-state index in [1.165, 1.54) is 19.2 Å². The van der Waals surface area contributed by atoms with Crippen molar-refractivity contribution in [3.63, 3.8) is 0 Å². The van der Waals surface area contributed by atoms with E-state index in [2.05, 4.69) is 4.74 Å². The standard InChI is InChI=1S/C9H10F3NO2.ClH/c1-15-6-4-2-3-5(7(6)14)8(13)9(10,11)12;/h2-4,8,14H,13H2,1H3;1H/t8-;/m1./s1. The average molecular weight is 258 g/mol. The van der Waals surface area contributed by atoms with Crippen molar-refractivity contribution in [1.29, 1.82) is 0 Å². The minimum absolute atomic E-state index is 0. The van der Waals surface area contributed by atoms with Crippen molar-refractivity contribution in [1.82, 2.24) is 0 Å². The molecule has 0 aliphatic rings. The van der Waals surface area contributed by atoms with Gasteiger partial charge in [0, 0.05) is 5.56 Å². The van der Waals surface area contributed by atoms with E-state index in [9.17, 15) is 18.3 Å². The van der Waals surface area contributed by atoms with E-state index in [0.717, 1.165) is 6.07 Å². The Morgan fingerprint density at radius 3 is 2.38 bits per heavy atom. The van der Waals surface area contributed by atoms with Crippen LogP contribution in [0.15, 0.2) is 18.2 Å². The molecule has 0 saturated carbocycles. The summed E-state index contributed by atoms with van der Waals surface area (Å²) in [6, 6.07) is 1.57. The molecule has 0 aromatic heterocycles. The molecule has 0 fully saturated rings. The molecule has 7 heteroatoms. The Kier molecular flexibility index (Phi) is 4.89. The zero-order chi connectivity index (χ0) is 11.6. The van der Waals surface area contributed by atoms with Crippen LogP contribution in [0.3, 0.4) is 0 Å². The van der Waals surface area contributed by atoms with Crippen LogP contribution in [0.5, 0.6) is 11.5 Å². The Hall–Kier alpha value is -1.14. The van der Waals surface area contributed by atoms with Gasteiger partial charge < -0.3 is 15.6 Å². The fourth-order valence-corrected chi connectivity index (χ4v) is 1.13. The van der Waals surface area contributed by atoms with E-state index in [1.807, 2.05) is 0 Å². The lowest BCUT2D eigenvalue weighted by Crippen LogP contribution is -2.28. The van der Waals surface area contributed by atoms with E-state index in [0.29, 0.717) is 0 Å². The smallest absolute Gasteiger partial charge is 0.407 e. The molecule has 0 amide bonds. The van der Waals surface area contributed by atoms with E-state index in [1.54, 1.807) is 0 Å². The highest BCUT2D eigenvalue weighted by atomic mass is 35.5. The van der Waals surface area contributed by atoms with Crippen molar-refractivity contribution in [3.8, 4) is 11.5 Å². The van der Waals surface area contributed by atoms with Gasteiger partial charge in [0.25, 0.3) is 0 Å². The van der Waals surface area contributed by atoms with Crippen LogP contribution in [0, 0.1) is 0 Å². The molecule has 3 nitrogen and oxygen atoms in total. The third kappa shape index (κ3) is 2.93. The lowest BCUT2D eigenvalue weighted by Gasteiger charge is -2.17. The zero-order valence-electron chi connectivity index (χ0n) is 8.28. The number of halogens is 4. The molecule has 0 heterocycles. The lowest BCUT2D eigenvalue weighted by molar-refractivity contribution is -0.149. The third-order valence-corrected chi connectivity index (χ3v) is 1.94. The maximum atomic E-state index is 12.3. The zero-order valence-corrected chi connectivity index (χ0v) is 9.10. The Morgan fingerprint density at radius 1 is 1.38 bits per heavy atom. The van der Waals surface area contributed by atoms with Gasteiger partial charge in [-0.1, -0.05) is 12.1 Å². The van der Waals surface area contributed by atoms with Gasteiger partial charge in [-0.15, -0.1) is 12.4 Å². The van der Waals surface area contributed by atoms with Gasteiger partial charge in [-0.05, 0) is 6.07 Å². The highest BCUT2D eigenvalue weighted by molar-refractivity contribution is 5.85. The molecule has 1 atom stereocenters. The van der Waals surface area contributed by atoms with E-state index in [-0.39, 0.29) is 18.2 Å². The van der Waals surface area contributed by atoms with Gasteiger partial charge >= 0.3 is 6.18 Å². The molecule has 0 unspecified atom stereocenters. The second-order valence-corrected chi connectivity index (χ2v) is 2.92. The van der Waals surface area contributed by atoms with Gasteiger partial charge in [-0.2, -0.15) is 13.2 Å². The van der Waals surface area contributed by atoms with Crippen molar-refractivity contribution >= 4 is 12.4 Å². The van der Waals surface area contributed by atoms with Crippen molar-refractivity contribution in [2.24, 2.45) is 5.73 Å². The molecular weight excluding hydrogens is 247 g/mol. The number of benzene rings is 1. The van der Waals surface area contributed by atoms with Crippen LogP contribution in [-0.2, 0) is 0 Å². The van der Waals surface area contributed by atoms with E-state index < -0.39 is 23.5 Å². The van der Waals surface area contributed by atoms with Crippen LogP contribution in [0.25, 0.3) is 0 Å². The van der Waals surface area contributed by atoms with Crippen LogP contribution >= 0.6 is 12.4 Å². The Bertz CT molecular complexity index is 357. The minimum Gasteiger partial charge on any atom is -0.504 e. The molecule has 0 spiro atoms. The highest BCUT2D eigenvalue weighted by Crippen LogP contribution is 2.39. The summed E-state index contributed by atoms with van der Waals surface area (Å²) in [5.41, 5.74) is 4.55. The normalized spacial score (nSPS) is 12.8. The molecule has 1 aromatic carbocycles. The van der Waals surface area contributed by atoms with Gasteiger partial charge in [0.05, 0.1) is 7.11 Å². The summed E-state index contributed by atoms with van der Waals surface area (Å²) in [4.78, 5) is 0. The molecule has 0 bridgehead atoms. The number of nitrogens with two attached hydrogens (primary N) is 1. The molecule has 92 valence electrons. The number of alkyl halides is 3. The Morgan fingerprint density at radius 2 is 1.94 bits per heavy atom. The van der Waals surface area contributed by atoms with Crippen molar-refractivity contribution in [2.75, 3.05) is 7.11 Å². The summed E-state index contributed by atoms with van der Waals surface area (Å²) < 4.78 is 41.5. The first-order valence-electron chi connectivity index (χ1n) is 4.06. The lowest BCUT2D eigenvalue weighted by atomic mass is 10.1. The largest absolute Gasteiger partial charge is 0.504 e. The first-order valence-corrected chi connectivity index (χ1v) is 4.06. The third-order valence-electron chi connectivity index (χ3n) is 1.94. The first kappa shape index (κ1) is 14.9. The number of aromatic hydroxyl groups is 1. The fourth-order valence-electron chi connectivity index (χ4n) is 1.13. The Balaban J connectivity index is 0.00000225. The van der Waals surface area contributed by atoms with Crippen molar-refractivity contribution < 1.29 is 23.0 Å². The number of para-hydroxylation sites is 1. The predicted molar refractivity (Wildman–Crippen MR) is 54.9 cm³/mol. The molecule has 0 aliphatic heterocycles. The van der Waals surface area contributed by atoms with Gasteiger partial charge in [-0.3, -0.25) is 0 Å². The van der Waals surface area contributed by atoms with Gasteiger partial charge in [0.15, 0.2) is 11.5 Å². The van der Waals surface area contributed by atoms with E-state index in [4.69, 9.17) is 5.73 Å². The molecule has 0 aliphatic carbocycles. The topological polar surface area (TPSA) is 55.5 Å². The maximum Gasteiger partial charge on any atom is 0.407 e. The van der Waals surface area contributed by atoms with Crippen LogP contribution in [-0.4, -0.2) is 18.4 Å². The molecule has 3 N–H and O–H groups in total. The molecule has 16 heavy (non-hydrogen) atoms. The summed E-state index contributed by atoms with van der Waals surface area (Å²) in [5.74, 6) is -0.614. The van der Waals surface area contributed by atoms with Crippen LogP contribution in [0.1, 0.15) is 11.6 Å².